The van der Waals surface area contributed by atoms with Gasteiger partial charge >= 0.3 is 0 Å². The summed E-state index contributed by atoms with van der Waals surface area (Å²) in [5.41, 5.74) is 4.44. The summed E-state index contributed by atoms with van der Waals surface area (Å²) in [7, 11) is 1.65. The van der Waals surface area contributed by atoms with Crippen LogP contribution in [0.1, 0.15) is 16.7 Å². The van der Waals surface area contributed by atoms with Crippen molar-refractivity contribution < 1.29 is 4.74 Å². The number of methoxy groups -OCH3 is 1. The number of benzene rings is 2. The number of nitrogens with one attached hydrogen (secondary N) is 2. The van der Waals surface area contributed by atoms with E-state index in [0.717, 1.165) is 22.8 Å². The van der Waals surface area contributed by atoms with E-state index in [-0.39, 0.29) is 0 Å². The molecule has 1 heterocycles. The highest BCUT2D eigenvalue weighted by Crippen LogP contribution is 2.27. The average Bonchev–Trinajstić information content (AvgIpc) is 2.61. The maximum atomic E-state index is 5.39. The monoisotopic (exact) mass is 334 g/mol. The molecular formula is C20H22N4O. The molecule has 25 heavy (non-hydrogen) atoms. The normalized spacial score (nSPS) is 10.4. The van der Waals surface area contributed by atoms with Crippen LogP contribution in [0.3, 0.4) is 0 Å². The Morgan fingerprint density at radius 3 is 2.64 bits per heavy atom. The predicted molar refractivity (Wildman–Crippen MR) is 102 cm³/mol. The third kappa shape index (κ3) is 4.47. The standard InChI is InChI=1S/C20H22N4O/c1-14-5-4-6-16(11-14)13-22-19-9-10-21-20(24-19)23-17-12-15(2)7-8-18(17)25-3/h4-12H,13H2,1-3H3,(H2,21,22,23,24). The highest BCUT2D eigenvalue weighted by atomic mass is 16.5. The van der Waals surface area contributed by atoms with Crippen molar-refractivity contribution in [2.75, 3.05) is 17.7 Å². The molecule has 0 saturated heterocycles. The first kappa shape index (κ1) is 16.8. The van der Waals surface area contributed by atoms with Gasteiger partial charge in [-0.25, -0.2) is 4.98 Å². The van der Waals surface area contributed by atoms with Crippen LogP contribution in [0.15, 0.2) is 54.7 Å². The zero-order valence-electron chi connectivity index (χ0n) is 14.7. The third-order valence-corrected chi connectivity index (χ3v) is 3.81. The first-order chi connectivity index (χ1) is 12.1. The van der Waals surface area contributed by atoms with Gasteiger partial charge in [0.15, 0.2) is 0 Å². The van der Waals surface area contributed by atoms with Crippen molar-refractivity contribution in [2.24, 2.45) is 0 Å². The second-order valence-electron chi connectivity index (χ2n) is 5.94. The van der Waals surface area contributed by atoms with Crippen LogP contribution in [0.25, 0.3) is 0 Å². The quantitative estimate of drug-likeness (QED) is 0.697. The SMILES string of the molecule is COc1ccc(C)cc1Nc1nccc(NCc2cccc(C)c2)n1. The molecule has 0 amide bonds. The van der Waals surface area contributed by atoms with Crippen molar-refractivity contribution in [1.82, 2.24) is 9.97 Å². The van der Waals surface area contributed by atoms with E-state index < -0.39 is 0 Å². The molecule has 1 aromatic heterocycles. The highest BCUT2D eigenvalue weighted by molar-refractivity contribution is 5.64. The average molecular weight is 334 g/mol. The molecule has 0 bridgehead atoms. The van der Waals surface area contributed by atoms with Gasteiger partial charge in [0.25, 0.3) is 0 Å². The van der Waals surface area contributed by atoms with E-state index in [9.17, 15) is 0 Å². The van der Waals surface area contributed by atoms with Crippen LogP contribution in [0.5, 0.6) is 5.75 Å². The molecule has 0 aliphatic carbocycles. The summed E-state index contributed by atoms with van der Waals surface area (Å²) in [6.45, 7) is 4.84. The minimum absolute atomic E-state index is 0.526. The van der Waals surface area contributed by atoms with Gasteiger partial charge in [-0.3, -0.25) is 0 Å². The smallest absolute Gasteiger partial charge is 0.229 e. The van der Waals surface area contributed by atoms with Crippen LogP contribution in [0.2, 0.25) is 0 Å². The molecule has 0 saturated carbocycles. The Hall–Kier alpha value is -3.08. The molecule has 0 aliphatic heterocycles. The molecule has 0 radical (unpaired) electrons. The Labute approximate surface area is 148 Å². The fourth-order valence-electron chi connectivity index (χ4n) is 2.57. The fourth-order valence-corrected chi connectivity index (χ4v) is 2.57. The van der Waals surface area contributed by atoms with Crippen LogP contribution < -0.4 is 15.4 Å². The van der Waals surface area contributed by atoms with Crippen LogP contribution in [-0.2, 0) is 6.54 Å². The molecule has 2 N–H and O–H groups in total. The molecule has 0 unspecified atom stereocenters. The van der Waals surface area contributed by atoms with Gasteiger partial charge in [-0.2, -0.15) is 4.98 Å². The van der Waals surface area contributed by atoms with Crippen LogP contribution in [0, 0.1) is 13.8 Å². The number of anilines is 3. The lowest BCUT2D eigenvalue weighted by molar-refractivity contribution is 0.416. The van der Waals surface area contributed by atoms with E-state index in [1.54, 1.807) is 13.3 Å². The number of hydrogen-bond acceptors (Lipinski definition) is 5. The molecular weight excluding hydrogens is 312 g/mol. The van der Waals surface area contributed by atoms with E-state index in [0.29, 0.717) is 12.5 Å². The second kappa shape index (κ2) is 7.66. The first-order valence-electron chi connectivity index (χ1n) is 8.18. The number of aryl methyl sites for hydroxylation is 2. The summed E-state index contributed by atoms with van der Waals surface area (Å²) in [4.78, 5) is 8.81. The Balaban J connectivity index is 1.72. The van der Waals surface area contributed by atoms with E-state index in [1.807, 2.05) is 31.2 Å². The molecule has 5 nitrogen and oxygen atoms in total. The Bertz CT molecular complexity index is 864. The molecule has 0 atom stereocenters. The highest BCUT2D eigenvalue weighted by Gasteiger charge is 2.06. The molecule has 2 aromatic carbocycles. The first-order valence-corrected chi connectivity index (χ1v) is 8.18. The van der Waals surface area contributed by atoms with Crippen molar-refractivity contribution >= 4 is 17.5 Å². The van der Waals surface area contributed by atoms with Crippen molar-refractivity contribution in [3.8, 4) is 5.75 Å². The van der Waals surface area contributed by atoms with E-state index >= 15 is 0 Å². The molecule has 3 rings (SSSR count). The summed E-state index contributed by atoms with van der Waals surface area (Å²) in [6.07, 6.45) is 1.73. The van der Waals surface area contributed by atoms with E-state index in [1.165, 1.54) is 11.1 Å². The minimum Gasteiger partial charge on any atom is -0.495 e. The molecule has 128 valence electrons. The summed E-state index contributed by atoms with van der Waals surface area (Å²) < 4.78 is 5.39. The number of hydrogen-bond donors (Lipinski definition) is 2. The Morgan fingerprint density at radius 1 is 1.00 bits per heavy atom. The summed E-state index contributed by atoms with van der Waals surface area (Å²) >= 11 is 0. The maximum absolute atomic E-state index is 5.39. The minimum atomic E-state index is 0.526. The van der Waals surface area contributed by atoms with Crippen molar-refractivity contribution in [3.05, 3.63) is 71.4 Å². The molecule has 3 aromatic rings. The number of ether oxygens (including phenoxy) is 1. The second-order valence-corrected chi connectivity index (χ2v) is 5.94. The Morgan fingerprint density at radius 2 is 1.84 bits per heavy atom. The zero-order valence-corrected chi connectivity index (χ0v) is 14.7. The summed E-state index contributed by atoms with van der Waals surface area (Å²) in [5, 5.41) is 6.56. The van der Waals surface area contributed by atoms with Crippen LogP contribution in [-0.4, -0.2) is 17.1 Å². The maximum Gasteiger partial charge on any atom is 0.229 e. The van der Waals surface area contributed by atoms with E-state index in [4.69, 9.17) is 4.74 Å². The van der Waals surface area contributed by atoms with Gasteiger partial charge in [-0.1, -0.05) is 35.9 Å². The lowest BCUT2D eigenvalue weighted by Crippen LogP contribution is -2.05. The lowest BCUT2D eigenvalue weighted by Gasteiger charge is -2.12. The topological polar surface area (TPSA) is 59.1 Å². The van der Waals surface area contributed by atoms with Gasteiger partial charge < -0.3 is 15.4 Å². The van der Waals surface area contributed by atoms with Crippen LogP contribution >= 0.6 is 0 Å². The molecule has 0 aliphatic rings. The molecule has 5 heteroatoms. The van der Waals surface area contributed by atoms with Crippen LogP contribution in [0.4, 0.5) is 17.5 Å². The molecule has 0 spiro atoms. The van der Waals surface area contributed by atoms with Gasteiger partial charge in [0.1, 0.15) is 11.6 Å². The van der Waals surface area contributed by atoms with Gasteiger partial charge in [0.05, 0.1) is 12.8 Å². The summed E-state index contributed by atoms with van der Waals surface area (Å²) in [6, 6.07) is 16.2. The Kier molecular flexibility index (Phi) is 5.14. The number of nitrogens with zero attached hydrogens (tertiary/aromatic N) is 2. The van der Waals surface area contributed by atoms with Gasteiger partial charge in [0, 0.05) is 12.7 Å². The fraction of sp³-hybridized carbons (Fsp3) is 0.200. The van der Waals surface area contributed by atoms with Gasteiger partial charge in [-0.15, -0.1) is 0 Å². The van der Waals surface area contributed by atoms with Crippen molar-refractivity contribution in [1.29, 1.82) is 0 Å². The third-order valence-electron chi connectivity index (χ3n) is 3.81. The number of aromatic nitrogens is 2. The lowest BCUT2D eigenvalue weighted by atomic mass is 10.1. The molecule has 0 fully saturated rings. The summed E-state index contributed by atoms with van der Waals surface area (Å²) in [5.74, 6) is 2.05. The van der Waals surface area contributed by atoms with Gasteiger partial charge in [0.2, 0.25) is 5.95 Å². The van der Waals surface area contributed by atoms with Crippen molar-refractivity contribution in [3.63, 3.8) is 0 Å². The van der Waals surface area contributed by atoms with E-state index in [2.05, 4.69) is 51.8 Å². The van der Waals surface area contributed by atoms with Crippen molar-refractivity contribution in [2.45, 2.75) is 20.4 Å². The predicted octanol–water partition coefficient (Wildman–Crippen LogP) is 4.46. The zero-order chi connectivity index (χ0) is 17.6. The number of rotatable bonds is 6. The largest absolute Gasteiger partial charge is 0.495 e. The van der Waals surface area contributed by atoms with Gasteiger partial charge in [-0.05, 0) is 43.2 Å².